The molecule has 2 rings (SSSR count). The van der Waals surface area contributed by atoms with E-state index in [1.807, 2.05) is 24.6 Å². The van der Waals surface area contributed by atoms with Gasteiger partial charge in [0, 0.05) is 25.9 Å². The van der Waals surface area contributed by atoms with Gasteiger partial charge in [0.25, 0.3) is 0 Å². The highest BCUT2D eigenvalue weighted by molar-refractivity contribution is 5.75. The third-order valence-corrected chi connectivity index (χ3v) is 2.58. The number of fused-ring (bicyclic) bond motifs is 1. The maximum Gasteiger partial charge on any atom is 0.225 e. The summed E-state index contributed by atoms with van der Waals surface area (Å²) >= 11 is 0. The van der Waals surface area contributed by atoms with Crippen molar-refractivity contribution in [1.82, 2.24) is 14.5 Å². The fraction of sp³-hybridized carbons (Fsp3) is 0.455. The molecule has 1 aromatic rings. The molecule has 0 saturated carbocycles. The Morgan fingerprint density at radius 1 is 1.56 bits per heavy atom. The summed E-state index contributed by atoms with van der Waals surface area (Å²) in [5.74, 6) is 0.846. The van der Waals surface area contributed by atoms with Crippen molar-refractivity contribution in [3.63, 3.8) is 0 Å². The van der Waals surface area contributed by atoms with Crippen molar-refractivity contribution < 1.29 is 9.53 Å². The second-order valence-electron chi connectivity index (χ2n) is 3.63. The Kier molecular flexibility index (Phi) is 2.78. The third kappa shape index (κ3) is 1.63. The van der Waals surface area contributed by atoms with Crippen LogP contribution < -0.4 is 0 Å². The van der Waals surface area contributed by atoms with Gasteiger partial charge in [-0.25, -0.2) is 4.98 Å². The fourth-order valence-electron chi connectivity index (χ4n) is 1.80. The maximum absolute atomic E-state index is 11.5. The monoisotopic (exact) mass is 221 g/mol. The van der Waals surface area contributed by atoms with Gasteiger partial charge in [-0.1, -0.05) is 0 Å². The molecule has 0 bridgehead atoms. The van der Waals surface area contributed by atoms with E-state index in [-0.39, 0.29) is 12.1 Å². The molecule has 1 aliphatic rings. The second-order valence-corrected chi connectivity index (χ2v) is 3.63. The van der Waals surface area contributed by atoms with E-state index in [9.17, 15) is 4.79 Å². The molecular weight excluding hydrogens is 206 g/mol. The lowest BCUT2D eigenvalue weighted by molar-refractivity contribution is -0.139. The highest BCUT2D eigenvalue weighted by Crippen LogP contribution is 2.27. The van der Waals surface area contributed by atoms with Crippen molar-refractivity contribution in [1.29, 1.82) is 0 Å². The Hall–Kier alpha value is -1.62. The van der Waals surface area contributed by atoms with E-state index in [4.69, 9.17) is 4.74 Å². The first-order chi connectivity index (χ1) is 7.65. The maximum atomic E-state index is 11.5. The summed E-state index contributed by atoms with van der Waals surface area (Å²) in [5.41, 5.74) is 0.886. The molecule has 5 nitrogen and oxygen atoms in total. The summed E-state index contributed by atoms with van der Waals surface area (Å²) in [6.07, 6.45) is 4.93. The Bertz CT molecular complexity index is 436. The molecule has 1 aromatic heterocycles. The van der Waals surface area contributed by atoms with Gasteiger partial charge >= 0.3 is 0 Å². The van der Waals surface area contributed by atoms with Crippen molar-refractivity contribution in [3.05, 3.63) is 23.9 Å². The SMILES string of the molecule is CCOC1c2cnc(C)n2C=CN1C(C)=O. The van der Waals surface area contributed by atoms with Gasteiger partial charge in [-0.15, -0.1) is 0 Å². The molecule has 5 heteroatoms. The lowest BCUT2D eigenvalue weighted by atomic mass is 10.3. The number of carbonyl (C=O) groups excluding carboxylic acids is 1. The highest BCUT2D eigenvalue weighted by Gasteiger charge is 2.28. The van der Waals surface area contributed by atoms with E-state index < -0.39 is 0 Å². The van der Waals surface area contributed by atoms with E-state index in [0.29, 0.717) is 6.61 Å². The van der Waals surface area contributed by atoms with Crippen LogP contribution in [0.25, 0.3) is 6.20 Å². The first-order valence-corrected chi connectivity index (χ1v) is 5.27. The van der Waals surface area contributed by atoms with Gasteiger partial charge < -0.3 is 9.30 Å². The lowest BCUT2D eigenvalue weighted by Gasteiger charge is -2.31. The minimum Gasteiger partial charge on any atom is -0.352 e. The van der Waals surface area contributed by atoms with Crippen LogP contribution in [-0.4, -0.2) is 27.0 Å². The predicted octanol–water partition coefficient (Wildman–Crippen LogP) is 1.52. The molecule has 0 N–H and O–H groups in total. The molecule has 0 radical (unpaired) electrons. The number of nitrogens with zero attached hydrogens (tertiary/aromatic N) is 3. The van der Waals surface area contributed by atoms with E-state index in [1.54, 1.807) is 17.3 Å². The first-order valence-electron chi connectivity index (χ1n) is 5.27. The lowest BCUT2D eigenvalue weighted by Crippen LogP contribution is -2.33. The molecule has 2 heterocycles. The van der Waals surface area contributed by atoms with Crippen LogP contribution >= 0.6 is 0 Å². The van der Waals surface area contributed by atoms with Crippen LogP contribution in [0.3, 0.4) is 0 Å². The molecule has 0 aromatic carbocycles. The molecule has 1 unspecified atom stereocenters. The van der Waals surface area contributed by atoms with Crippen molar-refractivity contribution in [2.45, 2.75) is 27.0 Å². The van der Waals surface area contributed by atoms with E-state index in [2.05, 4.69) is 4.98 Å². The predicted molar refractivity (Wildman–Crippen MR) is 59.2 cm³/mol. The number of rotatable bonds is 2. The second kappa shape index (κ2) is 4.09. The van der Waals surface area contributed by atoms with E-state index >= 15 is 0 Å². The smallest absolute Gasteiger partial charge is 0.225 e. The van der Waals surface area contributed by atoms with Gasteiger partial charge in [0.15, 0.2) is 6.23 Å². The summed E-state index contributed by atoms with van der Waals surface area (Å²) in [7, 11) is 0. The molecule has 0 fully saturated rings. The molecule has 0 spiro atoms. The van der Waals surface area contributed by atoms with Gasteiger partial charge in [-0.3, -0.25) is 9.69 Å². The minimum absolute atomic E-state index is 0.0418. The van der Waals surface area contributed by atoms with Crippen LogP contribution in [0.4, 0.5) is 0 Å². The fourth-order valence-corrected chi connectivity index (χ4v) is 1.80. The number of aryl methyl sites for hydroxylation is 1. The molecular formula is C11H15N3O2. The number of carbonyl (C=O) groups is 1. The topological polar surface area (TPSA) is 47.4 Å². The van der Waals surface area contributed by atoms with E-state index in [0.717, 1.165) is 11.5 Å². The minimum atomic E-state index is -0.367. The van der Waals surface area contributed by atoms with Crippen LogP contribution in [0, 0.1) is 6.92 Å². The van der Waals surface area contributed by atoms with Gasteiger partial charge in [0.2, 0.25) is 5.91 Å². The van der Waals surface area contributed by atoms with Crippen LogP contribution in [0.1, 0.15) is 31.6 Å². The molecule has 1 atom stereocenters. The zero-order valence-electron chi connectivity index (χ0n) is 9.67. The Morgan fingerprint density at radius 2 is 2.31 bits per heavy atom. The van der Waals surface area contributed by atoms with Crippen LogP contribution in [-0.2, 0) is 9.53 Å². The average molecular weight is 221 g/mol. The van der Waals surface area contributed by atoms with Gasteiger partial charge in [0.05, 0.1) is 11.9 Å². The summed E-state index contributed by atoms with van der Waals surface area (Å²) in [5, 5.41) is 0. The summed E-state index contributed by atoms with van der Waals surface area (Å²) in [4.78, 5) is 17.3. The van der Waals surface area contributed by atoms with Gasteiger partial charge in [0.1, 0.15) is 5.82 Å². The number of ether oxygens (including phenoxy) is 1. The number of hydrogen-bond acceptors (Lipinski definition) is 3. The Labute approximate surface area is 94.3 Å². The van der Waals surface area contributed by atoms with E-state index in [1.165, 1.54) is 6.92 Å². The zero-order valence-corrected chi connectivity index (χ0v) is 9.67. The largest absolute Gasteiger partial charge is 0.352 e. The molecule has 1 aliphatic heterocycles. The molecule has 0 saturated heterocycles. The van der Waals surface area contributed by atoms with Crippen molar-refractivity contribution >= 4 is 12.1 Å². The van der Waals surface area contributed by atoms with Gasteiger partial charge in [-0.2, -0.15) is 0 Å². The summed E-state index contributed by atoms with van der Waals surface area (Å²) in [6, 6.07) is 0. The van der Waals surface area contributed by atoms with Gasteiger partial charge in [-0.05, 0) is 13.8 Å². The number of imidazole rings is 1. The summed E-state index contributed by atoms with van der Waals surface area (Å²) < 4.78 is 7.52. The normalized spacial score (nSPS) is 18.7. The Morgan fingerprint density at radius 3 is 2.94 bits per heavy atom. The quantitative estimate of drug-likeness (QED) is 0.760. The van der Waals surface area contributed by atoms with Crippen molar-refractivity contribution in [2.75, 3.05) is 6.61 Å². The number of hydrogen-bond donors (Lipinski definition) is 0. The molecule has 16 heavy (non-hydrogen) atoms. The average Bonchev–Trinajstić information content (AvgIpc) is 2.61. The zero-order chi connectivity index (χ0) is 11.7. The molecule has 0 aliphatic carbocycles. The molecule has 86 valence electrons. The number of aromatic nitrogens is 2. The summed E-state index contributed by atoms with van der Waals surface area (Å²) in [6.45, 7) is 5.90. The third-order valence-electron chi connectivity index (χ3n) is 2.58. The van der Waals surface area contributed by atoms with Crippen molar-refractivity contribution in [2.24, 2.45) is 0 Å². The van der Waals surface area contributed by atoms with Crippen LogP contribution in [0.2, 0.25) is 0 Å². The van der Waals surface area contributed by atoms with Crippen LogP contribution in [0.5, 0.6) is 0 Å². The standard InChI is InChI=1S/C11H15N3O2/c1-4-16-11-10-7-12-8(2)13(10)5-6-14(11)9(3)15/h5-7,11H,4H2,1-3H3. The number of amides is 1. The van der Waals surface area contributed by atoms with Crippen molar-refractivity contribution in [3.8, 4) is 0 Å². The van der Waals surface area contributed by atoms with Crippen LogP contribution in [0.15, 0.2) is 12.4 Å². The molecule has 1 amide bonds. The first kappa shape index (κ1) is 10.9. The highest BCUT2D eigenvalue weighted by atomic mass is 16.5. The Balaban J connectivity index is 2.41.